The molecule has 0 saturated heterocycles. The molecule has 0 unspecified atom stereocenters. The number of nitrogens with zero attached hydrogens (tertiary/aromatic N) is 2. The van der Waals surface area contributed by atoms with Gasteiger partial charge in [-0.3, -0.25) is 0 Å². The maximum absolute atomic E-state index is 2.51. The molecule has 0 aliphatic heterocycles. The quantitative estimate of drug-likeness (QED) is 0.169. The minimum Gasteiger partial charge on any atom is -0.310 e. The van der Waals surface area contributed by atoms with Crippen LogP contribution in [0.4, 0.5) is 17.1 Å². The van der Waals surface area contributed by atoms with Gasteiger partial charge in [-0.05, 0) is 115 Å². The SMILES string of the molecule is CC1(C)c2ccccc2-c2ccc(N(c3ccc(-c4ccccc4)cc3)c3ccc4c(c3)C(C)(C)c3cccc(-n5c6ccccc6c6c7ccccc7ccc65)c3-4)cc21. The molecule has 2 nitrogen and oxygen atoms in total. The van der Waals surface area contributed by atoms with Gasteiger partial charge < -0.3 is 9.47 Å². The number of aromatic nitrogens is 1. The molecule has 0 radical (unpaired) electrons. The lowest BCUT2D eigenvalue weighted by Crippen LogP contribution is -2.18. The highest BCUT2D eigenvalue weighted by molar-refractivity contribution is 6.21. The summed E-state index contributed by atoms with van der Waals surface area (Å²) in [6.07, 6.45) is 0. The predicted octanol–water partition coefficient (Wildman–Crippen LogP) is 15.7. The Morgan fingerprint density at radius 3 is 1.77 bits per heavy atom. The molecule has 12 rings (SSSR count). The third-order valence-corrected chi connectivity index (χ3v) is 13.8. The van der Waals surface area contributed by atoms with E-state index >= 15 is 0 Å². The summed E-state index contributed by atoms with van der Waals surface area (Å²) >= 11 is 0. The Hall–Kier alpha value is -7.16. The van der Waals surface area contributed by atoms with E-state index in [2.05, 4.69) is 231 Å². The van der Waals surface area contributed by atoms with Gasteiger partial charge in [0, 0.05) is 44.2 Å². The summed E-state index contributed by atoms with van der Waals surface area (Å²) in [6.45, 7) is 9.54. The maximum Gasteiger partial charge on any atom is 0.0547 e. The molecule has 10 aromatic rings. The summed E-state index contributed by atoms with van der Waals surface area (Å²) in [7, 11) is 0. The van der Waals surface area contributed by atoms with Gasteiger partial charge in [0.25, 0.3) is 0 Å². The highest BCUT2D eigenvalue weighted by atomic mass is 15.1. The summed E-state index contributed by atoms with van der Waals surface area (Å²) in [5.41, 5.74) is 20.0. The molecule has 2 aliphatic carbocycles. The molecule has 60 heavy (non-hydrogen) atoms. The van der Waals surface area contributed by atoms with Crippen LogP contribution in [0.25, 0.3) is 71.6 Å². The monoisotopic (exact) mass is 768 g/mol. The van der Waals surface area contributed by atoms with Crippen LogP contribution in [-0.4, -0.2) is 4.57 Å². The van der Waals surface area contributed by atoms with Crippen LogP contribution in [0.15, 0.2) is 194 Å². The molecule has 0 N–H and O–H groups in total. The lowest BCUT2D eigenvalue weighted by molar-refractivity contribution is 0.660. The van der Waals surface area contributed by atoms with Crippen LogP contribution in [0, 0.1) is 0 Å². The van der Waals surface area contributed by atoms with E-state index in [1.807, 2.05) is 0 Å². The van der Waals surface area contributed by atoms with Gasteiger partial charge >= 0.3 is 0 Å². The zero-order valence-electron chi connectivity index (χ0n) is 34.4. The van der Waals surface area contributed by atoms with Gasteiger partial charge in [0.05, 0.1) is 16.7 Å². The summed E-state index contributed by atoms with van der Waals surface area (Å²) in [6, 6.07) is 72.2. The van der Waals surface area contributed by atoms with Crippen LogP contribution < -0.4 is 4.90 Å². The average molecular weight is 769 g/mol. The van der Waals surface area contributed by atoms with Crippen molar-refractivity contribution < 1.29 is 0 Å². The van der Waals surface area contributed by atoms with Crippen molar-refractivity contribution in [1.29, 1.82) is 0 Å². The molecule has 0 saturated carbocycles. The molecule has 2 aliphatic rings. The van der Waals surface area contributed by atoms with Gasteiger partial charge in [0.1, 0.15) is 0 Å². The standard InChI is InChI=1S/C58H44N2/c1-57(2)48-21-12-10-19-44(48)45-32-30-41(35-50(45)57)59(40-28-25-38(26-29-40)37-15-6-5-7-16-37)42-31-33-46-51(36-42)58(3,4)49-22-14-24-53(56(46)49)60-52-23-13-11-20-47(52)55-43-18-9-8-17-39(43)27-34-54(55)60/h5-36H,1-4H3. The Bertz CT molecular complexity index is 3360. The molecule has 0 atom stereocenters. The Balaban J connectivity index is 1.05. The fraction of sp³-hybridized carbons (Fsp3) is 0.103. The highest BCUT2D eigenvalue weighted by Gasteiger charge is 2.39. The molecular weight excluding hydrogens is 725 g/mol. The Morgan fingerprint density at radius 2 is 0.967 bits per heavy atom. The van der Waals surface area contributed by atoms with E-state index in [0.29, 0.717) is 0 Å². The third-order valence-electron chi connectivity index (χ3n) is 13.8. The van der Waals surface area contributed by atoms with Crippen molar-refractivity contribution in [3.05, 3.63) is 216 Å². The first-order chi connectivity index (χ1) is 29.3. The van der Waals surface area contributed by atoms with Crippen LogP contribution in [0.5, 0.6) is 0 Å². The maximum atomic E-state index is 2.51. The topological polar surface area (TPSA) is 8.17 Å². The number of para-hydroxylation sites is 1. The van der Waals surface area contributed by atoms with Gasteiger partial charge in [-0.2, -0.15) is 0 Å². The molecule has 1 aromatic heterocycles. The molecular formula is C58H44N2. The number of hydrogen-bond donors (Lipinski definition) is 0. The molecule has 0 bridgehead atoms. The molecule has 0 spiro atoms. The second-order valence-corrected chi connectivity index (χ2v) is 17.7. The van der Waals surface area contributed by atoms with Crippen LogP contribution in [0.1, 0.15) is 49.9 Å². The third kappa shape index (κ3) is 4.88. The van der Waals surface area contributed by atoms with Crippen molar-refractivity contribution in [2.24, 2.45) is 0 Å². The lowest BCUT2D eigenvalue weighted by atomic mass is 9.82. The van der Waals surface area contributed by atoms with Crippen molar-refractivity contribution in [2.45, 2.75) is 38.5 Å². The number of rotatable bonds is 5. The summed E-state index contributed by atoms with van der Waals surface area (Å²) in [5, 5.41) is 5.15. The molecule has 2 heteroatoms. The predicted molar refractivity (Wildman–Crippen MR) is 254 cm³/mol. The minimum absolute atomic E-state index is 0.109. The van der Waals surface area contributed by atoms with Gasteiger partial charge in [-0.15, -0.1) is 0 Å². The number of anilines is 3. The number of benzene rings is 9. The summed E-state index contributed by atoms with van der Waals surface area (Å²) in [5.74, 6) is 0. The zero-order chi connectivity index (χ0) is 40.3. The van der Waals surface area contributed by atoms with Crippen molar-refractivity contribution in [3.8, 4) is 39.1 Å². The first kappa shape index (κ1) is 34.8. The largest absolute Gasteiger partial charge is 0.310 e. The van der Waals surface area contributed by atoms with E-state index < -0.39 is 0 Å². The lowest BCUT2D eigenvalue weighted by Gasteiger charge is -2.30. The summed E-state index contributed by atoms with van der Waals surface area (Å²) < 4.78 is 2.51. The second kappa shape index (κ2) is 12.7. The van der Waals surface area contributed by atoms with Crippen molar-refractivity contribution in [2.75, 3.05) is 4.90 Å². The van der Waals surface area contributed by atoms with Crippen LogP contribution in [0.3, 0.4) is 0 Å². The van der Waals surface area contributed by atoms with Crippen molar-refractivity contribution >= 4 is 49.6 Å². The highest BCUT2D eigenvalue weighted by Crippen LogP contribution is 2.55. The van der Waals surface area contributed by atoms with Gasteiger partial charge in [0.2, 0.25) is 0 Å². The molecule has 286 valence electrons. The normalized spacial score (nSPS) is 14.3. The fourth-order valence-corrected chi connectivity index (χ4v) is 10.8. The molecule has 9 aromatic carbocycles. The second-order valence-electron chi connectivity index (χ2n) is 17.7. The van der Waals surface area contributed by atoms with Crippen LogP contribution in [-0.2, 0) is 10.8 Å². The minimum atomic E-state index is -0.230. The van der Waals surface area contributed by atoms with Gasteiger partial charge in [0.15, 0.2) is 0 Å². The first-order valence-corrected chi connectivity index (χ1v) is 21.2. The molecule has 0 amide bonds. The van der Waals surface area contributed by atoms with E-state index in [4.69, 9.17) is 0 Å². The van der Waals surface area contributed by atoms with Crippen LogP contribution in [0.2, 0.25) is 0 Å². The Morgan fingerprint density at radius 1 is 0.383 bits per heavy atom. The average Bonchev–Trinajstić information content (AvgIpc) is 3.84. The summed E-state index contributed by atoms with van der Waals surface area (Å²) in [4.78, 5) is 2.46. The Labute approximate surface area is 351 Å². The Kier molecular flexibility index (Phi) is 7.36. The van der Waals surface area contributed by atoms with E-state index in [1.54, 1.807) is 0 Å². The number of fused-ring (bicyclic) bond motifs is 11. The van der Waals surface area contributed by atoms with Crippen LogP contribution >= 0.6 is 0 Å². The molecule has 1 heterocycles. The first-order valence-electron chi connectivity index (χ1n) is 21.2. The van der Waals surface area contributed by atoms with E-state index in [0.717, 1.165) is 17.1 Å². The number of hydrogen-bond acceptors (Lipinski definition) is 1. The molecule has 0 fully saturated rings. The van der Waals surface area contributed by atoms with E-state index in [1.165, 1.54) is 93.9 Å². The van der Waals surface area contributed by atoms with Crippen molar-refractivity contribution in [3.63, 3.8) is 0 Å². The fourth-order valence-electron chi connectivity index (χ4n) is 10.8. The van der Waals surface area contributed by atoms with E-state index in [9.17, 15) is 0 Å². The zero-order valence-corrected chi connectivity index (χ0v) is 34.4. The smallest absolute Gasteiger partial charge is 0.0547 e. The van der Waals surface area contributed by atoms with E-state index in [-0.39, 0.29) is 10.8 Å². The van der Waals surface area contributed by atoms with Gasteiger partial charge in [-0.1, -0.05) is 167 Å². The van der Waals surface area contributed by atoms with Gasteiger partial charge in [-0.25, -0.2) is 0 Å². The van der Waals surface area contributed by atoms with Crippen molar-refractivity contribution in [1.82, 2.24) is 4.57 Å².